The van der Waals surface area contributed by atoms with Gasteiger partial charge in [0, 0.05) is 12.2 Å². The van der Waals surface area contributed by atoms with Crippen LogP contribution in [-0.2, 0) is 6.54 Å². The Morgan fingerprint density at radius 1 is 1.16 bits per heavy atom. The molecule has 1 aromatic heterocycles. The fraction of sp³-hybridized carbons (Fsp3) is 0.235. The van der Waals surface area contributed by atoms with E-state index in [1.165, 1.54) is 0 Å². The Morgan fingerprint density at radius 3 is 2.64 bits per heavy atom. The minimum atomic E-state index is -0.217. The second-order valence-electron chi connectivity index (χ2n) is 5.24. The molecule has 0 aliphatic carbocycles. The number of halogens is 2. The maximum Gasteiger partial charge on any atom is 0.323 e. The molecule has 0 unspecified atom stereocenters. The van der Waals surface area contributed by atoms with Crippen LogP contribution in [-0.4, -0.2) is 23.7 Å². The Morgan fingerprint density at radius 2 is 1.92 bits per heavy atom. The van der Waals surface area contributed by atoms with Crippen LogP contribution < -0.4 is 32.9 Å². The van der Waals surface area contributed by atoms with Crippen LogP contribution in [0.1, 0.15) is 12.5 Å². The summed E-state index contributed by atoms with van der Waals surface area (Å²) in [7, 11) is 1.58. The van der Waals surface area contributed by atoms with Crippen molar-refractivity contribution in [1.29, 1.82) is 0 Å². The molecule has 0 spiro atoms. The molecule has 0 amide bonds. The summed E-state index contributed by atoms with van der Waals surface area (Å²) < 4.78 is 10.9. The highest BCUT2D eigenvalue weighted by Gasteiger charge is 2.11. The molecule has 134 valence electrons. The number of aromatic nitrogens is 2. The van der Waals surface area contributed by atoms with Crippen molar-refractivity contribution in [2.24, 2.45) is 0 Å². The highest BCUT2D eigenvalue weighted by Crippen LogP contribution is 2.36. The van der Waals surface area contributed by atoms with Crippen LogP contribution in [0.3, 0.4) is 0 Å². The van der Waals surface area contributed by atoms with E-state index in [1.807, 2.05) is 37.3 Å². The molecule has 1 heterocycles. The lowest BCUT2D eigenvalue weighted by molar-refractivity contribution is -0.00000567. The normalized spacial score (nSPS) is 10.4. The van der Waals surface area contributed by atoms with Gasteiger partial charge in [0.25, 0.3) is 0 Å². The molecule has 0 bridgehead atoms. The first-order valence-corrected chi connectivity index (χ1v) is 7.93. The molecule has 0 aliphatic heterocycles. The summed E-state index contributed by atoms with van der Waals surface area (Å²) >= 11 is 6.28. The average Bonchev–Trinajstić information content (AvgIpc) is 2.94. The molecule has 0 radical (unpaired) electrons. The summed E-state index contributed by atoms with van der Waals surface area (Å²) in [6.45, 7) is 2.97. The Bertz CT molecular complexity index is 921. The quantitative estimate of drug-likeness (QED) is 0.581. The average molecular weight is 383 g/mol. The van der Waals surface area contributed by atoms with Crippen LogP contribution >= 0.6 is 11.6 Å². The molecular weight excluding hydrogens is 365 g/mol. The first-order valence-electron chi connectivity index (χ1n) is 7.56. The van der Waals surface area contributed by atoms with Gasteiger partial charge < -0.3 is 37.2 Å². The number of hydrogen-bond acceptors (Lipinski definition) is 4. The number of aromatic amines is 2. The molecule has 25 heavy (non-hydrogen) atoms. The highest BCUT2D eigenvalue weighted by atomic mass is 35.5. The topological polar surface area (TPSA) is 79.1 Å². The summed E-state index contributed by atoms with van der Waals surface area (Å²) in [4.78, 5) is 16.8. The van der Waals surface area contributed by atoms with Gasteiger partial charge in [-0.25, -0.2) is 4.79 Å². The van der Waals surface area contributed by atoms with E-state index in [0.717, 1.165) is 22.3 Å². The molecule has 0 saturated heterocycles. The van der Waals surface area contributed by atoms with E-state index in [0.29, 0.717) is 29.7 Å². The summed E-state index contributed by atoms with van der Waals surface area (Å²) in [6.07, 6.45) is 0. The number of ether oxygens (including phenoxy) is 2. The second-order valence-corrected chi connectivity index (χ2v) is 5.64. The zero-order chi connectivity index (χ0) is 17.1. The Kier molecular flexibility index (Phi) is 6.22. The third-order valence-electron chi connectivity index (χ3n) is 3.59. The summed E-state index contributed by atoms with van der Waals surface area (Å²) in [5.74, 6) is 1.16. The largest absolute Gasteiger partial charge is 1.00 e. The number of anilines is 1. The maximum atomic E-state index is 11.3. The molecule has 8 heteroatoms. The number of hydrogen-bond donors (Lipinski definition) is 3. The Labute approximate surface area is 155 Å². The minimum Gasteiger partial charge on any atom is -1.00 e. The number of H-pyrrole nitrogens is 2. The van der Waals surface area contributed by atoms with E-state index in [4.69, 9.17) is 21.1 Å². The van der Waals surface area contributed by atoms with Crippen LogP contribution in [0.25, 0.3) is 11.0 Å². The molecule has 3 rings (SSSR count). The molecule has 3 N–H and O–H groups in total. The lowest BCUT2D eigenvalue weighted by Gasteiger charge is -2.14. The smallest absolute Gasteiger partial charge is 0.323 e. The third kappa shape index (κ3) is 4.21. The van der Waals surface area contributed by atoms with Crippen molar-refractivity contribution in [1.82, 2.24) is 9.97 Å². The number of methoxy groups -OCH3 is 1. The van der Waals surface area contributed by atoms with Gasteiger partial charge in [-0.3, -0.25) is 0 Å². The molecule has 2 aromatic carbocycles. The maximum absolute atomic E-state index is 11.3. The van der Waals surface area contributed by atoms with Crippen molar-refractivity contribution in [2.45, 2.75) is 13.5 Å². The van der Waals surface area contributed by atoms with Gasteiger partial charge in [-0.05, 0) is 42.8 Å². The lowest BCUT2D eigenvalue weighted by Crippen LogP contribution is -3.00. The fourth-order valence-corrected chi connectivity index (χ4v) is 2.79. The monoisotopic (exact) mass is 382 g/mol. The molecule has 0 aliphatic rings. The van der Waals surface area contributed by atoms with E-state index in [-0.39, 0.29) is 18.1 Å². The minimum absolute atomic E-state index is 0. The SMILES string of the molecule is CCOc1c(Cl)cc(CNc2ccc3[nH]c(=O)[nH]c3c2)cc1OC.[Cl-]. The molecule has 0 saturated carbocycles. The van der Waals surface area contributed by atoms with Crippen LogP contribution in [0.2, 0.25) is 5.02 Å². The van der Waals surface area contributed by atoms with Crippen LogP contribution in [0.5, 0.6) is 11.5 Å². The van der Waals surface area contributed by atoms with Crippen molar-refractivity contribution in [3.05, 3.63) is 51.4 Å². The van der Waals surface area contributed by atoms with Crippen molar-refractivity contribution in [2.75, 3.05) is 19.0 Å². The number of benzene rings is 2. The number of fused-ring (bicyclic) bond motifs is 1. The van der Waals surface area contributed by atoms with Crippen LogP contribution in [0, 0.1) is 0 Å². The van der Waals surface area contributed by atoms with Gasteiger partial charge in [-0.1, -0.05) is 11.6 Å². The lowest BCUT2D eigenvalue weighted by atomic mass is 10.2. The number of nitrogens with one attached hydrogen (secondary N) is 3. The van der Waals surface area contributed by atoms with Gasteiger partial charge in [-0.2, -0.15) is 0 Å². The number of imidazole rings is 1. The van der Waals surface area contributed by atoms with Crippen molar-refractivity contribution < 1.29 is 21.9 Å². The predicted molar refractivity (Wildman–Crippen MR) is 95.4 cm³/mol. The standard InChI is InChI=1S/C17H18ClN3O3.ClH/c1-3-24-16-12(18)6-10(7-15(16)23-2)9-19-11-4-5-13-14(8-11)21-17(22)20-13;/h4-8,19H,3,9H2,1-2H3,(H2,20,21,22);1H/p-1. The first-order chi connectivity index (χ1) is 11.6. The molecule has 0 atom stereocenters. The first kappa shape index (κ1) is 19.0. The Balaban J connectivity index is 0.00000225. The van der Waals surface area contributed by atoms with Crippen molar-refractivity contribution in [3.63, 3.8) is 0 Å². The van der Waals surface area contributed by atoms with E-state index < -0.39 is 0 Å². The highest BCUT2D eigenvalue weighted by molar-refractivity contribution is 6.32. The zero-order valence-corrected chi connectivity index (χ0v) is 15.3. The van der Waals surface area contributed by atoms with Gasteiger partial charge >= 0.3 is 5.69 Å². The van der Waals surface area contributed by atoms with E-state index in [1.54, 1.807) is 7.11 Å². The summed E-state index contributed by atoms with van der Waals surface area (Å²) in [5, 5.41) is 3.81. The van der Waals surface area contributed by atoms with E-state index in [2.05, 4.69) is 15.3 Å². The summed E-state index contributed by atoms with van der Waals surface area (Å²) in [6, 6.07) is 9.36. The molecule has 0 fully saturated rings. The van der Waals surface area contributed by atoms with Gasteiger partial charge in [0.15, 0.2) is 11.5 Å². The van der Waals surface area contributed by atoms with Gasteiger partial charge in [-0.15, -0.1) is 0 Å². The van der Waals surface area contributed by atoms with Gasteiger partial charge in [0.1, 0.15) is 0 Å². The van der Waals surface area contributed by atoms with Crippen LogP contribution in [0.15, 0.2) is 35.1 Å². The molecular formula is C17H18Cl2N3O3-. The van der Waals surface area contributed by atoms with Crippen molar-refractivity contribution >= 4 is 28.3 Å². The fourth-order valence-electron chi connectivity index (χ4n) is 2.51. The van der Waals surface area contributed by atoms with Crippen LogP contribution in [0.4, 0.5) is 5.69 Å². The third-order valence-corrected chi connectivity index (χ3v) is 3.87. The van der Waals surface area contributed by atoms with E-state index >= 15 is 0 Å². The zero-order valence-electron chi connectivity index (χ0n) is 13.8. The Hall–Kier alpha value is -2.31. The summed E-state index contributed by atoms with van der Waals surface area (Å²) in [5.41, 5.74) is 3.17. The molecule has 3 aromatic rings. The second kappa shape index (κ2) is 8.18. The number of rotatable bonds is 6. The van der Waals surface area contributed by atoms with E-state index in [9.17, 15) is 4.79 Å². The van der Waals surface area contributed by atoms with Gasteiger partial charge in [0.05, 0.1) is 29.8 Å². The predicted octanol–water partition coefficient (Wildman–Crippen LogP) is 0.533. The molecule has 6 nitrogen and oxygen atoms in total. The van der Waals surface area contributed by atoms with Gasteiger partial charge in [0.2, 0.25) is 0 Å². The van der Waals surface area contributed by atoms with Crippen molar-refractivity contribution in [3.8, 4) is 11.5 Å².